The van der Waals surface area contributed by atoms with Crippen molar-refractivity contribution < 1.29 is 18.7 Å². The second-order valence-corrected chi connectivity index (χ2v) is 7.53. The van der Waals surface area contributed by atoms with E-state index in [9.17, 15) is 14.0 Å². The third kappa shape index (κ3) is 5.17. The van der Waals surface area contributed by atoms with Crippen LogP contribution in [0.1, 0.15) is 12.8 Å². The number of nitrogens with one attached hydrogen (secondary N) is 2. The van der Waals surface area contributed by atoms with E-state index in [0.29, 0.717) is 27.8 Å². The van der Waals surface area contributed by atoms with Crippen LogP contribution in [0.25, 0.3) is 11.3 Å². The molecule has 3 aromatic rings. The Kier molecular flexibility index (Phi) is 5.53. The average molecular weight is 411 g/mol. The van der Waals surface area contributed by atoms with E-state index < -0.39 is 0 Å². The lowest BCUT2D eigenvalue weighted by Crippen LogP contribution is -2.20. The number of halogens is 1. The van der Waals surface area contributed by atoms with Gasteiger partial charge in [0.15, 0.2) is 11.7 Å². The van der Waals surface area contributed by atoms with Gasteiger partial charge in [0.1, 0.15) is 11.6 Å². The van der Waals surface area contributed by atoms with Crippen molar-refractivity contribution in [3.05, 3.63) is 59.7 Å². The first-order valence-electron chi connectivity index (χ1n) is 9.12. The van der Waals surface area contributed by atoms with Crippen LogP contribution >= 0.6 is 11.3 Å². The zero-order valence-electron chi connectivity index (χ0n) is 15.4. The van der Waals surface area contributed by atoms with Gasteiger partial charge in [-0.3, -0.25) is 14.9 Å². The summed E-state index contributed by atoms with van der Waals surface area (Å²) in [5.41, 5.74) is 1.87. The van der Waals surface area contributed by atoms with Crippen molar-refractivity contribution in [1.29, 1.82) is 0 Å². The number of nitrogens with zero attached hydrogens (tertiary/aromatic N) is 1. The second kappa shape index (κ2) is 8.40. The van der Waals surface area contributed by atoms with Gasteiger partial charge in [-0.25, -0.2) is 9.37 Å². The summed E-state index contributed by atoms with van der Waals surface area (Å²) in [6.45, 7) is -0.200. The number of aromatic nitrogens is 1. The molecule has 0 spiro atoms. The second-order valence-electron chi connectivity index (χ2n) is 6.68. The molecule has 1 aromatic heterocycles. The minimum Gasteiger partial charge on any atom is -0.484 e. The topological polar surface area (TPSA) is 80.3 Å². The Morgan fingerprint density at radius 2 is 1.97 bits per heavy atom. The number of hydrogen-bond acceptors (Lipinski definition) is 5. The summed E-state index contributed by atoms with van der Waals surface area (Å²) in [5, 5.41) is 7.66. The molecule has 0 bridgehead atoms. The summed E-state index contributed by atoms with van der Waals surface area (Å²) in [7, 11) is 0. The van der Waals surface area contributed by atoms with Crippen molar-refractivity contribution in [2.24, 2.45) is 5.92 Å². The van der Waals surface area contributed by atoms with Crippen molar-refractivity contribution in [2.75, 3.05) is 17.2 Å². The van der Waals surface area contributed by atoms with E-state index in [2.05, 4.69) is 15.6 Å². The molecular formula is C21H18FN3O3S. The Morgan fingerprint density at radius 1 is 1.14 bits per heavy atom. The van der Waals surface area contributed by atoms with E-state index in [1.807, 2.05) is 0 Å². The number of benzene rings is 2. The molecule has 0 radical (unpaired) electrons. The summed E-state index contributed by atoms with van der Waals surface area (Å²) in [6, 6.07) is 13.0. The lowest BCUT2D eigenvalue weighted by Gasteiger charge is -2.09. The third-order valence-electron chi connectivity index (χ3n) is 4.29. The highest BCUT2D eigenvalue weighted by Gasteiger charge is 2.29. The van der Waals surface area contributed by atoms with Gasteiger partial charge in [0.2, 0.25) is 5.91 Å². The van der Waals surface area contributed by atoms with Crippen LogP contribution in [-0.4, -0.2) is 23.4 Å². The first kappa shape index (κ1) is 19.1. The van der Waals surface area contributed by atoms with Crippen molar-refractivity contribution in [1.82, 2.24) is 4.98 Å². The summed E-state index contributed by atoms with van der Waals surface area (Å²) in [5.74, 6) is -0.102. The van der Waals surface area contributed by atoms with Crippen molar-refractivity contribution >= 4 is 34.0 Å². The van der Waals surface area contributed by atoms with Crippen molar-refractivity contribution in [2.45, 2.75) is 12.8 Å². The molecule has 8 heteroatoms. The normalized spacial score (nSPS) is 13.0. The number of ether oxygens (including phenoxy) is 1. The summed E-state index contributed by atoms with van der Waals surface area (Å²) < 4.78 is 18.8. The van der Waals surface area contributed by atoms with Crippen LogP contribution < -0.4 is 15.4 Å². The Labute approximate surface area is 170 Å². The number of hydrogen-bond donors (Lipinski definition) is 2. The quantitative estimate of drug-likeness (QED) is 0.607. The molecule has 2 N–H and O–H groups in total. The van der Waals surface area contributed by atoms with Crippen LogP contribution in [0.2, 0.25) is 0 Å². The van der Waals surface area contributed by atoms with Gasteiger partial charge in [0.25, 0.3) is 5.91 Å². The minimum absolute atomic E-state index is 0.0118. The molecule has 1 aliphatic carbocycles. The predicted octanol–water partition coefficient (Wildman–Crippen LogP) is 4.32. The maximum atomic E-state index is 13.3. The Balaban J connectivity index is 1.31. The van der Waals surface area contributed by atoms with Crippen LogP contribution in [0, 0.1) is 11.7 Å². The van der Waals surface area contributed by atoms with Gasteiger partial charge < -0.3 is 10.1 Å². The standard InChI is InChI=1S/C21H18FN3O3S/c22-15-4-1-3-14(9-15)18-12-29-21(24-18)25-19(26)11-28-17-6-2-5-16(10-17)23-20(27)13-7-8-13/h1-6,9-10,12-13H,7-8,11H2,(H,23,27)(H,24,25,26). The molecule has 1 heterocycles. The molecule has 0 atom stereocenters. The fourth-order valence-electron chi connectivity index (χ4n) is 2.67. The first-order valence-corrected chi connectivity index (χ1v) is 10.00. The maximum absolute atomic E-state index is 13.3. The van der Waals surface area contributed by atoms with E-state index >= 15 is 0 Å². The number of anilines is 2. The van der Waals surface area contributed by atoms with Crippen molar-refractivity contribution in [3.8, 4) is 17.0 Å². The lowest BCUT2D eigenvalue weighted by atomic mass is 10.2. The summed E-state index contributed by atoms with van der Waals surface area (Å²) in [6.07, 6.45) is 1.86. The molecule has 2 amide bonds. The molecule has 4 rings (SSSR count). The highest BCUT2D eigenvalue weighted by Crippen LogP contribution is 2.30. The largest absolute Gasteiger partial charge is 0.484 e. The van der Waals surface area contributed by atoms with Gasteiger partial charge in [0, 0.05) is 28.6 Å². The summed E-state index contributed by atoms with van der Waals surface area (Å²) in [4.78, 5) is 28.3. The van der Waals surface area contributed by atoms with Crippen LogP contribution in [0.5, 0.6) is 5.75 Å². The van der Waals surface area contributed by atoms with E-state index in [1.165, 1.54) is 23.5 Å². The van der Waals surface area contributed by atoms with Gasteiger partial charge >= 0.3 is 0 Å². The van der Waals surface area contributed by atoms with Crippen LogP contribution in [0.4, 0.5) is 15.2 Å². The molecule has 6 nitrogen and oxygen atoms in total. The molecule has 2 aromatic carbocycles. The summed E-state index contributed by atoms with van der Waals surface area (Å²) >= 11 is 1.25. The van der Waals surface area contributed by atoms with Crippen LogP contribution in [-0.2, 0) is 9.59 Å². The SMILES string of the molecule is O=C(COc1cccc(NC(=O)C2CC2)c1)Nc1nc(-c2cccc(F)c2)cs1. The number of rotatable bonds is 7. The van der Waals surface area contributed by atoms with Gasteiger partial charge in [0.05, 0.1) is 5.69 Å². The van der Waals surface area contributed by atoms with Crippen LogP contribution in [0.3, 0.4) is 0 Å². The minimum atomic E-state index is -0.363. The number of carbonyl (C=O) groups is 2. The fourth-order valence-corrected chi connectivity index (χ4v) is 3.41. The Morgan fingerprint density at radius 3 is 2.76 bits per heavy atom. The van der Waals surface area contributed by atoms with E-state index in [1.54, 1.807) is 41.8 Å². The first-order chi connectivity index (χ1) is 14.1. The highest BCUT2D eigenvalue weighted by molar-refractivity contribution is 7.14. The van der Waals surface area contributed by atoms with Crippen LogP contribution in [0.15, 0.2) is 53.9 Å². The maximum Gasteiger partial charge on any atom is 0.264 e. The van der Waals surface area contributed by atoms with Gasteiger partial charge in [-0.2, -0.15) is 0 Å². The molecule has 0 saturated heterocycles. The zero-order valence-corrected chi connectivity index (χ0v) is 16.2. The van der Waals surface area contributed by atoms with E-state index in [0.717, 1.165) is 12.8 Å². The van der Waals surface area contributed by atoms with Gasteiger partial charge in [-0.15, -0.1) is 11.3 Å². The third-order valence-corrected chi connectivity index (χ3v) is 5.05. The molecule has 148 valence electrons. The lowest BCUT2D eigenvalue weighted by molar-refractivity contribution is -0.118. The average Bonchev–Trinajstić information content (AvgIpc) is 3.46. The zero-order chi connectivity index (χ0) is 20.2. The number of amides is 2. The molecule has 29 heavy (non-hydrogen) atoms. The predicted molar refractivity (Wildman–Crippen MR) is 109 cm³/mol. The molecule has 1 fully saturated rings. The Hall–Kier alpha value is -3.26. The van der Waals surface area contributed by atoms with E-state index in [-0.39, 0.29) is 30.2 Å². The van der Waals surface area contributed by atoms with Gasteiger partial charge in [-0.05, 0) is 37.1 Å². The molecule has 0 aliphatic heterocycles. The monoisotopic (exact) mass is 411 g/mol. The van der Waals surface area contributed by atoms with Gasteiger partial charge in [-0.1, -0.05) is 18.2 Å². The highest BCUT2D eigenvalue weighted by atomic mass is 32.1. The smallest absolute Gasteiger partial charge is 0.264 e. The fraction of sp³-hybridized carbons (Fsp3) is 0.190. The molecule has 0 unspecified atom stereocenters. The number of thiazole rings is 1. The molecular weight excluding hydrogens is 393 g/mol. The van der Waals surface area contributed by atoms with E-state index in [4.69, 9.17) is 4.74 Å². The molecule has 1 saturated carbocycles. The van der Waals surface area contributed by atoms with Crippen molar-refractivity contribution in [3.63, 3.8) is 0 Å². The number of carbonyl (C=O) groups excluding carboxylic acids is 2. The Bertz CT molecular complexity index is 1050. The molecule has 1 aliphatic rings.